The van der Waals surface area contributed by atoms with Crippen LogP contribution in [0, 0.1) is 0 Å². The van der Waals surface area contributed by atoms with Crippen molar-refractivity contribution in [1.82, 2.24) is 0 Å². The summed E-state index contributed by atoms with van der Waals surface area (Å²) in [5.41, 5.74) is 5.31. The minimum atomic E-state index is -4.84. The maximum atomic E-state index is 11.1. The van der Waals surface area contributed by atoms with E-state index in [2.05, 4.69) is 37.2 Å². The predicted molar refractivity (Wildman–Crippen MR) is 92.3 cm³/mol. The smallest absolute Gasteiger partial charge is 0.744 e. The minimum absolute atomic E-state index is 0. The van der Waals surface area contributed by atoms with Gasteiger partial charge in [-0.25, -0.2) is 16.8 Å². The molecule has 0 heterocycles. The molecule has 7 nitrogen and oxygen atoms in total. The van der Waals surface area contributed by atoms with Gasteiger partial charge in [-0.15, -0.1) is 0 Å². The molecule has 0 bridgehead atoms. The minimum Gasteiger partial charge on any atom is -0.744 e. The average Bonchev–Trinajstić information content (AvgIpc) is 2.37. The fourth-order valence-electron chi connectivity index (χ4n) is 1.77. The molecular formula is C10H7I2NNa2O6S2. The van der Waals surface area contributed by atoms with E-state index < -0.39 is 30.0 Å². The molecule has 2 aromatic rings. The van der Waals surface area contributed by atoms with Crippen LogP contribution < -0.4 is 64.8 Å². The topological polar surface area (TPSA) is 140 Å². The number of hydrogen-bond donors (Lipinski definition) is 1. The van der Waals surface area contributed by atoms with E-state index in [-0.39, 0.29) is 75.6 Å². The Balaban J connectivity index is 0. The zero-order chi connectivity index (χ0) is 16.4. The van der Waals surface area contributed by atoms with Crippen LogP contribution in [0.15, 0.2) is 40.1 Å². The van der Waals surface area contributed by atoms with Crippen LogP contribution in [0.5, 0.6) is 0 Å². The van der Waals surface area contributed by atoms with E-state index in [0.29, 0.717) is 0 Å². The molecule has 0 spiro atoms. The van der Waals surface area contributed by atoms with Crippen LogP contribution in [0.2, 0.25) is 0 Å². The Morgan fingerprint density at radius 1 is 0.826 bits per heavy atom. The second kappa shape index (κ2) is 10.8. The molecule has 116 valence electrons. The summed E-state index contributed by atoms with van der Waals surface area (Å²) < 4.78 is 66.6. The Bertz CT molecular complexity index is 890. The summed E-state index contributed by atoms with van der Waals surface area (Å²) in [7, 11) is -9.65. The number of halogens is 2. The van der Waals surface area contributed by atoms with E-state index in [1.165, 1.54) is 12.1 Å². The standard InChI is InChI=1S/C10H9NO6S2.I2.2Na/c11-6-4-8-7(10(5-6)19(15,16)17)2-1-3-9(8)18(12,13)14;1-2;;/h1-5H,11H2,(H,12,13,14)(H,15,16,17);;;/q;;2*+1/p-2. The van der Waals surface area contributed by atoms with Gasteiger partial charge in [0.05, 0.1) is 9.79 Å². The van der Waals surface area contributed by atoms with Gasteiger partial charge < -0.3 is 14.8 Å². The summed E-state index contributed by atoms with van der Waals surface area (Å²) in [5.74, 6) is 0. The Labute approximate surface area is 201 Å². The number of fused-ring (bicyclic) bond motifs is 1. The number of anilines is 1. The number of nitrogens with two attached hydrogens (primary N) is 1. The van der Waals surface area contributed by atoms with E-state index in [1.807, 2.05) is 0 Å². The number of nitrogen functional groups attached to an aromatic ring is 1. The number of hydrogen-bond acceptors (Lipinski definition) is 7. The Morgan fingerprint density at radius 2 is 1.30 bits per heavy atom. The van der Waals surface area contributed by atoms with Gasteiger partial charge in [-0.3, -0.25) is 0 Å². The second-order valence-corrected chi connectivity index (χ2v) is 6.47. The van der Waals surface area contributed by atoms with Gasteiger partial charge in [-0.1, -0.05) is 12.1 Å². The first-order chi connectivity index (χ1) is 9.60. The largest absolute Gasteiger partial charge is 1.00 e. The first-order valence-electron chi connectivity index (χ1n) is 4.99. The van der Waals surface area contributed by atoms with E-state index in [0.717, 1.165) is 18.2 Å². The molecule has 0 aromatic heterocycles. The summed E-state index contributed by atoms with van der Waals surface area (Å²) in [6, 6.07) is 5.48. The van der Waals surface area contributed by atoms with Gasteiger partial charge in [-0.2, -0.15) is 0 Å². The van der Waals surface area contributed by atoms with Crippen LogP contribution in [0.4, 0.5) is 5.69 Å². The van der Waals surface area contributed by atoms with Crippen LogP contribution in [0.25, 0.3) is 10.8 Å². The van der Waals surface area contributed by atoms with E-state index >= 15 is 0 Å². The normalized spacial score (nSPS) is 10.8. The molecule has 0 saturated carbocycles. The van der Waals surface area contributed by atoms with Crippen LogP contribution >= 0.6 is 37.2 Å². The van der Waals surface area contributed by atoms with E-state index in [4.69, 9.17) is 5.73 Å². The zero-order valence-corrected chi connectivity index (χ0v) is 21.9. The van der Waals surface area contributed by atoms with Crippen LogP contribution in [0.3, 0.4) is 0 Å². The molecule has 2 aromatic carbocycles. The molecule has 2 rings (SSSR count). The van der Waals surface area contributed by atoms with Crippen LogP contribution in [0.1, 0.15) is 0 Å². The fraction of sp³-hybridized carbons (Fsp3) is 0. The molecule has 0 amide bonds. The fourth-order valence-corrected chi connectivity index (χ4v) is 3.18. The van der Waals surface area contributed by atoms with Gasteiger partial charge in [-0.05, 0) is 18.2 Å². The Kier molecular flexibility index (Phi) is 12.7. The zero-order valence-electron chi connectivity index (χ0n) is 12.0. The predicted octanol–water partition coefficient (Wildman–Crippen LogP) is -3.99. The molecule has 2 N–H and O–H groups in total. The molecule has 0 saturated heterocycles. The van der Waals surface area contributed by atoms with Gasteiger partial charge in [0.1, 0.15) is 20.2 Å². The molecule has 0 aliphatic rings. The third-order valence-corrected chi connectivity index (χ3v) is 4.25. The van der Waals surface area contributed by atoms with Gasteiger partial charge in [0, 0.05) is 53.7 Å². The number of benzene rings is 2. The first-order valence-corrected chi connectivity index (χ1v) is 14.1. The van der Waals surface area contributed by atoms with Gasteiger partial charge in [0.25, 0.3) is 0 Å². The molecule has 0 atom stereocenters. The van der Waals surface area contributed by atoms with Crippen LogP contribution in [-0.2, 0) is 20.2 Å². The summed E-state index contributed by atoms with van der Waals surface area (Å²) >= 11 is 4.24. The second-order valence-electron chi connectivity index (χ2n) is 3.78. The molecule has 0 radical (unpaired) electrons. The Hall–Kier alpha value is 1.78. The van der Waals surface area contributed by atoms with Crippen molar-refractivity contribution in [1.29, 1.82) is 0 Å². The Morgan fingerprint density at radius 3 is 1.74 bits per heavy atom. The first kappa shape index (κ1) is 27.0. The summed E-state index contributed by atoms with van der Waals surface area (Å²) in [5, 5.41) is -0.340. The van der Waals surface area contributed by atoms with Crippen molar-refractivity contribution in [3.05, 3.63) is 30.3 Å². The number of rotatable bonds is 2. The molecule has 13 heteroatoms. The third kappa shape index (κ3) is 7.13. The SMILES string of the molecule is II.Nc1cc(S(=O)(=O)[O-])c2cccc(S(=O)(=O)[O-])c2c1.[Na+].[Na+]. The van der Waals surface area contributed by atoms with Crippen molar-refractivity contribution < 1.29 is 85.1 Å². The van der Waals surface area contributed by atoms with Crippen molar-refractivity contribution in [3.63, 3.8) is 0 Å². The summed E-state index contributed by atoms with van der Waals surface area (Å²) in [6.07, 6.45) is 0. The summed E-state index contributed by atoms with van der Waals surface area (Å²) in [4.78, 5) is -1.28. The molecule has 0 fully saturated rings. The van der Waals surface area contributed by atoms with Crippen molar-refractivity contribution in [2.75, 3.05) is 5.73 Å². The van der Waals surface area contributed by atoms with Gasteiger partial charge in [0.15, 0.2) is 0 Å². The molecule has 0 aliphatic heterocycles. The van der Waals surface area contributed by atoms with Crippen molar-refractivity contribution >= 4 is 73.9 Å². The van der Waals surface area contributed by atoms with Crippen molar-refractivity contribution in [2.45, 2.75) is 9.79 Å². The van der Waals surface area contributed by atoms with E-state index in [1.54, 1.807) is 0 Å². The quantitative estimate of drug-likeness (QED) is 0.160. The molecular weight excluding hydrogens is 594 g/mol. The van der Waals surface area contributed by atoms with Gasteiger partial charge in [0.2, 0.25) is 0 Å². The van der Waals surface area contributed by atoms with E-state index in [9.17, 15) is 25.9 Å². The molecule has 23 heavy (non-hydrogen) atoms. The maximum absolute atomic E-state index is 11.1. The van der Waals surface area contributed by atoms with Crippen molar-refractivity contribution in [2.24, 2.45) is 0 Å². The van der Waals surface area contributed by atoms with Gasteiger partial charge >= 0.3 is 59.1 Å². The monoisotopic (exact) mass is 601 g/mol. The maximum Gasteiger partial charge on any atom is 1.00 e. The average molecular weight is 601 g/mol. The molecule has 0 aliphatic carbocycles. The third-order valence-electron chi connectivity index (χ3n) is 2.48. The van der Waals surface area contributed by atoms with Crippen LogP contribution in [-0.4, -0.2) is 25.9 Å². The van der Waals surface area contributed by atoms with Crippen molar-refractivity contribution in [3.8, 4) is 0 Å². The summed E-state index contributed by atoms with van der Waals surface area (Å²) in [6.45, 7) is 0. The molecule has 0 unspecified atom stereocenters.